The van der Waals surface area contributed by atoms with Crippen molar-refractivity contribution >= 4 is 17.6 Å². The number of amides is 1. The highest BCUT2D eigenvalue weighted by molar-refractivity contribution is 5.95. The minimum atomic E-state index is -0.649. The van der Waals surface area contributed by atoms with Crippen LogP contribution < -0.4 is 5.32 Å². The molecule has 166 valence electrons. The van der Waals surface area contributed by atoms with Crippen LogP contribution in [-0.4, -0.2) is 28.3 Å². The topological polar surface area (TPSA) is 73.2 Å². The van der Waals surface area contributed by atoms with Crippen molar-refractivity contribution in [2.45, 2.75) is 51.9 Å². The quantitative estimate of drug-likeness (QED) is 0.570. The highest BCUT2D eigenvalue weighted by atomic mass is 16.5. The number of nitrogens with one attached hydrogen (secondary N) is 1. The second-order valence-electron chi connectivity index (χ2n) is 8.57. The number of aromatic nitrogens is 2. The van der Waals surface area contributed by atoms with Crippen LogP contribution in [0.5, 0.6) is 0 Å². The molecule has 0 aliphatic heterocycles. The number of esters is 1. The van der Waals surface area contributed by atoms with Gasteiger partial charge in [-0.05, 0) is 51.3 Å². The van der Waals surface area contributed by atoms with Crippen LogP contribution in [0.25, 0.3) is 5.69 Å². The maximum absolute atomic E-state index is 13.1. The standard InChI is InChI=1S/C26H29N3O3/c1-18-11-13-22(14-12-18)29-20(3)24(19(2)28-29)27-23(30)17-32-25(31)26(15-7-8-16-26)21-9-5-4-6-10-21/h4-6,9-14H,7-8,15-17H2,1-3H3,(H,27,30). The average Bonchev–Trinajstić information content (AvgIpc) is 3.41. The lowest BCUT2D eigenvalue weighted by atomic mass is 9.79. The molecule has 0 bridgehead atoms. The number of carbonyl (C=O) groups is 2. The number of rotatable bonds is 6. The van der Waals surface area contributed by atoms with Gasteiger partial charge in [-0.15, -0.1) is 0 Å². The number of benzene rings is 2. The number of carbonyl (C=O) groups excluding carboxylic acids is 2. The lowest BCUT2D eigenvalue weighted by Gasteiger charge is -2.27. The molecule has 1 amide bonds. The molecule has 1 fully saturated rings. The van der Waals surface area contributed by atoms with Crippen LogP contribution in [0.3, 0.4) is 0 Å². The highest BCUT2D eigenvalue weighted by Gasteiger charge is 2.44. The normalized spacial score (nSPS) is 14.8. The summed E-state index contributed by atoms with van der Waals surface area (Å²) in [5, 5.41) is 7.45. The van der Waals surface area contributed by atoms with Gasteiger partial charge in [-0.1, -0.05) is 60.9 Å². The van der Waals surface area contributed by atoms with E-state index in [1.165, 1.54) is 5.56 Å². The Morgan fingerprint density at radius 2 is 1.66 bits per heavy atom. The van der Waals surface area contributed by atoms with Gasteiger partial charge in [0.1, 0.15) is 0 Å². The van der Waals surface area contributed by atoms with Crippen molar-refractivity contribution in [2.75, 3.05) is 11.9 Å². The Bertz CT molecular complexity index is 1110. The highest BCUT2D eigenvalue weighted by Crippen LogP contribution is 2.42. The summed E-state index contributed by atoms with van der Waals surface area (Å²) in [6.07, 6.45) is 3.46. The minimum absolute atomic E-state index is 0.317. The molecule has 0 unspecified atom stereocenters. The summed E-state index contributed by atoms with van der Waals surface area (Å²) in [4.78, 5) is 25.7. The van der Waals surface area contributed by atoms with Crippen molar-refractivity contribution in [1.29, 1.82) is 0 Å². The van der Waals surface area contributed by atoms with E-state index in [4.69, 9.17) is 4.74 Å². The predicted octanol–water partition coefficient (Wildman–Crippen LogP) is 4.79. The molecule has 4 rings (SSSR count). The third kappa shape index (κ3) is 4.17. The van der Waals surface area contributed by atoms with E-state index in [1.54, 1.807) is 4.68 Å². The molecule has 1 aromatic heterocycles. The average molecular weight is 432 g/mol. The largest absolute Gasteiger partial charge is 0.455 e. The van der Waals surface area contributed by atoms with Gasteiger partial charge in [0.05, 0.1) is 28.2 Å². The molecule has 6 nitrogen and oxygen atoms in total. The number of ether oxygens (including phenoxy) is 1. The van der Waals surface area contributed by atoms with E-state index in [0.29, 0.717) is 11.4 Å². The van der Waals surface area contributed by atoms with Crippen LogP contribution in [-0.2, 0) is 19.7 Å². The van der Waals surface area contributed by atoms with Crippen molar-refractivity contribution in [1.82, 2.24) is 9.78 Å². The summed E-state index contributed by atoms with van der Waals surface area (Å²) in [5.41, 5.74) is 4.58. The van der Waals surface area contributed by atoms with E-state index in [1.807, 2.05) is 75.4 Å². The summed E-state index contributed by atoms with van der Waals surface area (Å²) >= 11 is 0. The van der Waals surface area contributed by atoms with Crippen LogP contribution in [0, 0.1) is 20.8 Å². The number of hydrogen-bond acceptors (Lipinski definition) is 4. The third-order valence-corrected chi connectivity index (χ3v) is 6.34. The molecular weight excluding hydrogens is 402 g/mol. The SMILES string of the molecule is Cc1ccc(-n2nc(C)c(NC(=O)COC(=O)C3(c4ccccc4)CCCC3)c2C)cc1. The van der Waals surface area contributed by atoms with Gasteiger partial charge in [0.25, 0.3) is 5.91 Å². The zero-order valence-electron chi connectivity index (χ0n) is 18.9. The minimum Gasteiger partial charge on any atom is -0.455 e. The van der Waals surface area contributed by atoms with Gasteiger partial charge < -0.3 is 10.1 Å². The first-order valence-electron chi connectivity index (χ1n) is 11.1. The van der Waals surface area contributed by atoms with Crippen molar-refractivity contribution < 1.29 is 14.3 Å². The van der Waals surface area contributed by atoms with Crippen molar-refractivity contribution in [3.8, 4) is 5.69 Å². The molecule has 0 atom stereocenters. The Labute approximate surface area is 188 Å². The van der Waals surface area contributed by atoms with E-state index in [-0.39, 0.29) is 18.5 Å². The summed E-state index contributed by atoms with van der Waals surface area (Å²) in [6.45, 7) is 5.47. The molecule has 0 radical (unpaired) electrons. The van der Waals surface area contributed by atoms with E-state index in [9.17, 15) is 9.59 Å². The number of nitrogens with zero attached hydrogens (tertiary/aromatic N) is 2. The Balaban J connectivity index is 1.44. The molecule has 0 saturated heterocycles. The van der Waals surface area contributed by atoms with E-state index >= 15 is 0 Å². The van der Waals surface area contributed by atoms with Crippen LogP contribution in [0.15, 0.2) is 54.6 Å². The Hall–Kier alpha value is -3.41. The molecule has 2 aromatic carbocycles. The molecule has 1 saturated carbocycles. The maximum Gasteiger partial charge on any atom is 0.317 e. The number of aryl methyl sites for hydroxylation is 2. The second-order valence-corrected chi connectivity index (χ2v) is 8.57. The van der Waals surface area contributed by atoms with Crippen molar-refractivity contribution in [2.24, 2.45) is 0 Å². The summed E-state index contributed by atoms with van der Waals surface area (Å²) in [5.74, 6) is -0.686. The lowest BCUT2D eigenvalue weighted by Crippen LogP contribution is -2.36. The summed E-state index contributed by atoms with van der Waals surface area (Å²) < 4.78 is 7.33. The molecule has 1 aliphatic carbocycles. The van der Waals surface area contributed by atoms with Gasteiger partial charge in [-0.3, -0.25) is 9.59 Å². The molecular formula is C26H29N3O3. The Morgan fingerprint density at radius 3 is 2.31 bits per heavy atom. The summed E-state index contributed by atoms with van der Waals surface area (Å²) in [7, 11) is 0. The molecule has 3 aromatic rings. The molecule has 1 aliphatic rings. The Morgan fingerprint density at radius 1 is 1.00 bits per heavy atom. The van der Waals surface area contributed by atoms with E-state index < -0.39 is 5.41 Å². The first-order chi connectivity index (χ1) is 15.4. The van der Waals surface area contributed by atoms with Crippen LogP contribution in [0.4, 0.5) is 5.69 Å². The monoisotopic (exact) mass is 431 g/mol. The lowest BCUT2D eigenvalue weighted by molar-refractivity contribution is -0.153. The number of hydrogen-bond donors (Lipinski definition) is 1. The zero-order chi connectivity index (χ0) is 22.7. The van der Waals surface area contributed by atoms with Crippen LogP contribution >= 0.6 is 0 Å². The summed E-state index contributed by atoms with van der Waals surface area (Å²) in [6, 6.07) is 17.8. The molecule has 6 heteroatoms. The van der Waals surface area contributed by atoms with E-state index in [0.717, 1.165) is 42.6 Å². The molecule has 32 heavy (non-hydrogen) atoms. The van der Waals surface area contributed by atoms with Crippen molar-refractivity contribution in [3.05, 3.63) is 77.1 Å². The van der Waals surface area contributed by atoms with E-state index in [2.05, 4.69) is 10.4 Å². The van der Waals surface area contributed by atoms with Gasteiger partial charge in [-0.2, -0.15) is 5.10 Å². The molecule has 1 heterocycles. The third-order valence-electron chi connectivity index (χ3n) is 6.34. The smallest absolute Gasteiger partial charge is 0.317 e. The molecule has 0 spiro atoms. The first kappa shape index (κ1) is 21.8. The second kappa shape index (κ2) is 8.99. The Kier molecular flexibility index (Phi) is 6.12. The van der Waals surface area contributed by atoms with Gasteiger partial charge in [-0.25, -0.2) is 4.68 Å². The van der Waals surface area contributed by atoms with Gasteiger partial charge >= 0.3 is 5.97 Å². The molecule has 1 N–H and O–H groups in total. The fourth-order valence-corrected chi connectivity index (χ4v) is 4.55. The first-order valence-corrected chi connectivity index (χ1v) is 11.1. The predicted molar refractivity (Wildman–Crippen MR) is 124 cm³/mol. The maximum atomic E-state index is 13.1. The fourth-order valence-electron chi connectivity index (χ4n) is 4.55. The van der Waals surface area contributed by atoms with Gasteiger partial charge in [0, 0.05) is 0 Å². The van der Waals surface area contributed by atoms with Crippen LogP contribution in [0.2, 0.25) is 0 Å². The number of anilines is 1. The van der Waals surface area contributed by atoms with Gasteiger partial charge in [0.2, 0.25) is 0 Å². The van der Waals surface area contributed by atoms with Gasteiger partial charge in [0.15, 0.2) is 6.61 Å². The fraction of sp³-hybridized carbons (Fsp3) is 0.346. The van der Waals surface area contributed by atoms with Crippen LogP contribution in [0.1, 0.15) is 48.2 Å². The van der Waals surface area contributed by atoms with Crippen molar-refractivity contribution in [3.63, 3.8) is 0 Å². The zero-order valence-corrected chi connectivity index (χ0v) is 18.9.